The molecule has 1 heterocycles. The molecule has 0 unspecified atom stereocenters. The van der Waals surface area contributed by atoms with E-state index < -0.39 is 0 Å². The maximum atomic E-state index is 9.08. The van der Waals surface area contributed by atoms with Crippen LogP contribution < -0.4 is 5.32 Å². The van der Waals surface area contributed by atoms with Gasteiger partial charge in [-0.2, -0.15) is 0 Å². The summed E-state index contributed by atoms with van der Waals surface area (Å²) in [6.07, 6.45) is 6.57. The molecule has 3 heteroatoms. The van der Waals surface area contributed by atoms with Gasteiger partial charge < -0.3 is 10.4 Å². The maximum absolute atomic E-state index is 9.08. The zero-order valence-corrected chi connectivity index (χ0v) is 10.5. The number of aromatic nitrogens is 1. The second-order valence-corrected chi connectivity index (χ2v) is 5.11. The normalized spacial score (nSPS) is 24.8. The zero-order valence-electron chi connectivity index (χ0n) is 10.5. The SMILES string of the molecule is Cc1ccc(CNC2CCC(CO)CC2)nc1. The first-order valence-electron chi connectivity index (χ1n) is 6.53. The van der Waals surface area contributed by atoms with Gasteiger partial charge in [0.2, 0.25) is 0 Å². The van der Waals surface area contributed by atoms with Crippen LogP contribution in [0.15, 0.2) is 18.3 Å². The Bertz CT molecular complexity index is 329. The van der Waals surface area contributed by atoms with Crippen molar-refractivity contribution >= 4 is 0 Å². The van der Waals surface area contributed by atoms with Gasteiger partial charge in [-0.25, -0.2) is 0 Å². The second-order valence-electron chi connectivity index (χ2n) is 5.11. The highest BCUT2D eigenvalue weighted by molar-refractivity contribution is 5.12. The van der Waals surface area contributed by atoms with Gasteiger partial charge >= 0.3 is 0 Å². The Labute approximate surface area is 103 Å². The Morgan fingerprint density at radius 2 is 2.06 bits per heavy atom. The molecule has 1 saturated carbocycles. The number of rotatable bonds is 4. The number of nitrogens with zero attached hydrogens (tertiary/aromatic N) is 1. The maximum Gasteiger partial charge on any atom is 0.0541 e. The van der Waals surface area contributed by atoms with Crippen LogP contribution in [0, 0.1) is 12.8 Å². The molecule has 0 spiro atoms. The lowest BCUT2D eigenvalue weighted by Crippen LogP contribution is -2.33. The molecule has 0 saturated heterocycles. The molecule has 1 aliphatic rings. The number of aryl methyl sites for hydroxylation is 1. The Kier molecular flexibility index (Phi) is 4.51. The molecule has 1 fully saturated rings. The quantitative estimate of drug-likeness (QED) is 0.838. The molecule has 0 amide bonds. The summed E-state index contributed by atoms with van der Waals surface area (Å²) in [6, 6.07) is 4.79. The van der Waals surface area contributed by atoms with Crippen molar-refractivity contribution in [1.82, 2.24) is 10.3 Å². The van der Waals surface area contributed by atoms with Crippen LogP contribution in [0.4, 0.5) is 0 Å². The third-order valence-corrected chi connectivity index (χ3v) is 3.65. The van der Waals surface area contributed by atoms with Crippen molar-refractivity contribution in [1.29, 1.82) is 0 Å². The van der Waals surface area contributed by atoms with E-state index in [0.29, 0.717) is 18.6 Å². The van der Waals surface area contributed by atoms with Crippen LogP contribution in [0.5, 0.6) is 0 Å². The molecule has 1 aromatic heterocycles. The minimum atomic E-state index is 0.353. The first-order chi connectivity index (χ1) is 8.28. The molecule has 0 radical (unpaired) electrons. The number of hydrogen-bond donors (Lipinski definition) is 2. The largest absolute Gasteiger partial charge is 0.396 e. The molecule has 0 bridgehead atoms. The molecular weight excluding hydrogens is 212 g/mol. The van der Waals surface area contributed by atoms with Crippen molar-refractivity contribution < 1.29 is 5.11 Å². The highest BCUT2D eigenvalue weighted by atomic mass is 16.3. The van der Waals surface area contributed by atoms with Crippen LogP contribution in [-0.2, 0) is 6.54 Å². The summed E-state index contributed by atoms with van der Waals surface area (Å²) in [5.74, 6) is 0.533. The monoisotopic (exact) mass is 234 g/mol. The van der Waals surface area contributed by atoms with E-state index in [4.69, 9.17) is 5.11 Å². The average Bonchev–Trinajstić information content (AvgIpc) is 2.39. The predicted octanol–water partition coefficient (Wildman–Crippen LogP) is 2.03. The standard InChI is InChI=1S/C14H22N2O/c1-11-2-5-14(15-8-11)9-16-13-6-3-12(10-17)4-7-13/h2,5,8,12-13,16-17H,3-4,6-7,9-10H2,1H3. The predicted molar refractivity (Wildman–Crippen MR) is 68.6 cm³/mol. The van der Waals surface area contributed by atoms with Gasteiger partial charge in [0.15, 0.2) is 0 Å². The van der Waals surface area contributed by atoms with E-state index in [1.807, 2.05) is 6.20 Å². The van der Waals surface area contributed by atoms with Gasteiger partial charge in [-0.05, 0) is 50.2 Å². The van der Waals surface area contributed by atoms with Gasteiger partial charge in [0.05, 0.1) is 5.69 Å². The minimum absolute atomic E-state index is 0.353. The molecule has 0 atom stereocenters. The van der Waals surface area contributed by atoms with Gasteiger partial charge in [0.1, 0.15) is 0 Å². The first kappa shape index (κ1) is 12.5. The van der Waals surface area contributed by atoms with Crippen LogP contribution in [0.3, 0.4) is 0 Å². The third kappa shape index (κ3) is 3.79. The Morgan fingerprint density at radius 1 is 1.29 bits per heavy atom. The molecule has 94 valence electrons. The summed E-state index contributed by atoms with van der Waals surface area (Å²) in [5.41, 5.74) is 2.32. The lowest BCUT2D eigenvalue weighted by atomic mass is 9.86. The van der Waals surface area contributed by atoms with Crippen molar-refractivity contribution in [3.63, 3.8) is 0 Å². The van der Waals surface area contributed by atoms with Gasteiger partial charge in [-0.15, -0.1) is 0 Å². The highest BCUT2D eigenvalue weighted by Gasteiger charge is 2.19. The van der Waals surface area contributed by atoms with Crippen molar-refractivity contribution in [3.8, 4) is 0 Å². The summed E-state index contributed by atoms with van der Waals surface area (Å²) in [6.45, 7) is 3.27. The molecular formula is C14H22N2O. The van der Waals surface area contributed by atoms with E-state index in [0.717, 1.165) is 25.1 Å². The summed E-state index contributed by atoms with van der Waals surface area (Å²) in [4.78, 5) is 4.39. The van der Waals surface area contributed by atoms with Crippen LogP contribution in [0.25, 0.3) is 0 Å². The van der Waals surface area contributed by atoms with E-state index in [-0.39, 0.29) is 0 Å². The summed E-state index contributed by atoms with van der Waals surface area (Å²) in [7, 11) is 0. The lowest BCUT2D eigenvalue weighted by Gasteiger charge is -2.27. The highest BCUT2D eigenvalue weighted by Crippen LogP contribution is 2.23. The summed E-state index contributed by atoms with van der Waals surface area (Å²) >= 11 is 0. The lowest BCUT2D eigenvalue weighted by molar-refractivity contribution is 0.175. The van der Waals surface area contributed by atoms with Gasteiger partial charge in [-0.3, -0.25) is 4.98 Å². The van der Waals surface area contributed by atoms with Crippen molar-refractivity contribution in [2.75, 3.05) is 6.61 Å². The molecule has 1 aliphatic carbocycles. The minimum Gasteiger partial charge on any atom is -0.396 e. The van der Waals surface area contributed by atoms with E-state index >= 15 is 0 Å². The fraction of sp³-hybridized carbons (Fsp3) is 0.643. The van der Waals surface area contributed by atoms with Gasteiger partial charge in [0.25, 0.3) is 0 Å². The van der Waals surface area contributed by atoms with Crippen molar-refractivity contribution in [2.24, 2.45) is 5.92 Å². The molecule has 3 nitrogen and oxygen atoms in total. The Hall–Kier alpha value is -0.930. The fourth-order valence-corrected chi connectivity index (χ4v) is 2.40. The van der Waals surface area contributed by atoms with Crippen LogP contribution >= 0.6 is 0 Å². The number of aliphatic hydroxyl groups excluding tert-OH is 1. The topological polar surface area (TPSA) is 45.1 Å². The second kappa shape index (κ2) is 6.12. The van der Waals surface area contributed by atoms with E-state index in [2.05, 4.69) is 29.4 Å². The number of hydrogen-bond acceptors (Lipinski definition) is 3. The molecule has 2 rings (SSSR count). The van der Waals surface area contributed by atoms with E-state index in [1.54, 1.807) is 0 Å². The number of nitrogens with one attached hydrogen (secondary N) is 1. The van der Waals surface area contributed by atoms with Crippen LogP contribution in [-0.4, -0.2) is 22.7 Å². The number of aliphatic hydroxyl groups is 1. The van der Waals surface area contributed by atoms with Crippen molar-refractivity contribution in [2.45, 2.75) is 45.2 Å². The van der Waals surface area contributed by atoms with Gasteiger partial charge in [0, 0.05) is 25.4 Å². The van der Waals surface area contributed by atoms with Crippen LogP contribution in [0.1, 0.15) is 36.9 Å². The molecule has 17 heavy (non-hydrogen) atoms. The Balaban J connectivity index is 1.74. The number of pyridine rings is 1. The van der Waals surface area contributed by atoms with Gasteiger partial charge in [-0.1, -0.05) is 6.07 Å². The zero-order chi connectivity index (χ0) is 12.1. The van der Waals surface area contributed by atoms with Crippen molar-refractivity contribution in [3.05, 3.63) is 29.6 Å². The first-order valence-corrected chi connectivity index (χ1v) is 6.53. The molecule has 2 N–H and O–H groups in total. The smallest absolute Gasteiger partial charge is 0.0541 e. The molecule has 1 aromatic rings. The molecule has 0 aromatic carbocycles. The summed E-state index contributed by atoms with van der Waals surface area (Å²) < 4.78 is 0. The molecule has 0 aliphatic heterocycles. The summed E-state index contributed by atoms with van der Waals surface area (Å²) in [5, 5.41) is 12.6. The van der Waals surface area contributed by atoms with Crippen LogP contribution in [0.2, 0.25) is 0 Å². The Morgan fingerprint density at radius 3 is 2.65 bits per heavy atom. The fourth-order valence-electron chi connectivity index (χ4n) is 2.40. The van der Waals surface area contributed by atoms with E-state index in [1.165, 1.54) is 18.4 Å². The van der Waals surface area contributed by atoms with E-state index in [9.17, 15) is 0 Å². The third-order valence-electron chi connectivity index (χ3n) is 3.65. The average molecular weight is 234 g/mol.